The molecule has 4 nitrogen and oxygen atoms in total. The van der Waals surface area contributed by atoms with E-state index in [0.717, 1.165) is 5.56 Å². The lowest BCUT2D eigenvalue weighted by atomic mass is 10.1. The number of hydrogen-bond donors (Lipinski definition) is 1. The van der Waals surface area contributed by atoms with Crippen molar-refractivity contribution in [3.8, 4) is 11.4 Å². The van der Waals surface area contributed by atoms with Crippen LogP contribution in [0.25, 0.3) is 11.4 Å². The number of benzene rings is 2. The van der Waals surface area contributed by atoms with Gasteiger partial charge in [-0.2, -0.15) is 0 Å². The van der Waals surface area contributed by atoms with E-state index in [1.54, 1.807) is 37.4 Å². The maximum Gasteiger partial charge on any atom is 0.259 e. The quantitative estimate of drug-likeness (QED) is 0.755. The van der Waals surface area contributed by atoms with E-state index in [1.807, 2.05) is 31.2 Å². The molecule has 1 heterocycles. The van der Waals surface area contributed by atoms with E-state index in [9.17, 15) is 4.79 Å². The second kappa shape index (κ2) is 6.81. The molecule has 0 bridgehead atoms. The lowest BCUT2D eigenvalue weighted by Crippen LogP contribution is -2.15. The number of carbonyl (C=O) groups is 1. The molecule has 0 saturated carbocycles. The Balaban J connectivity index is 1.84. The van der Waals surface area contributed by atoms with Crippen LogP contribution in [-0.2, 0) is 0 Å². The summed E-state index contributed by atoms with van der Waals surface area (Å²) < 4.78 is 0. The van der Waals surface area contributed by atoms with Crippen molar-refractivity contribution in [2.45, 2.75) is 13.8 Å². The summed E-state index contributed by atoms with van der Waals surface area (Å²) in [5, 5.41) is 3.37. The number of halogens is 1. The molecule has 0 spiro atoms. The molecule has 0 aliphatic rings. The number of amides is 1. The first-order valence-corrected chi connectivity index (χ1v) is 7.88. The second-order valence-electron chi connectivity index (χ2n) is 5.52. The summed E-state index contributed by atoms with van der Waals surface area (Å²) in [5.41, 5.74) is 3.79. The first-order valence-electron chi connectivity index (χ1n) is 7.50. The van der Waals surface area contributed by atoms with Crippen molar-refractivity contribution >= 4 is 23.2 Å². The highest BCUT2D eigenvalue weighted by Gasteiger charge is 2.13. The average Bonchev–Trinajstić information content (AvgIpc) is 2.55. The molecule has 3 rings (SSSR count). The zero-order valence-electron chi connectivity index (χ0n) is 13.4. The van der Waals surface area contributed by atoms with Crippen LogP contribution in [0.5, 0.6) is 0 Å². The molecule has 3 aromatic rings. The molecule has 0 unspecified atom stereocenters. The molecule has 1 N–H and O–H groups in total. The van der Waals surface area contributed by atoms with Gasteiger partial charge in [0.1, 0.15) is 0 Å². The second-order valence-corrected chi connectivity index (χ2v) is 5.96. The number of rotatable bonds is 3. The van der Waals surface area contributed by atoms with Crippen LogP contribution < -0.4 is 5.32 Å². The SMILES string of the molecule is Cc1ccc(-c2ncc(C(=O)Nc3cccc(Cl)c3)c(C)n2)cc1. The van der Waals surface area contributed by atoms with E-state index in [-0.39, 0.29) is 5.91 Å². The van der Waals surface area contributed by atoms with E-state index in [2.05, 4.69) is 15.3 Å². The van der Waals surface area contributed by atoms with Gasteiger partial charge in [-0.25, -0.2) is 9.97 Å². The van der Waals surface area contributed by atoms with Gasteiger partial charge in [-0.3, -0.25) is 4.79 Å². The van der Waals surface area contributed by atoms with Gasteiger partial charge in [0.2, 0.25) is 0 Å². The first kappa shape index (κ1) is 16.1. The van der Waals surface area contributed by atoms with E-state index in [1.165, 1.54) is 5.56 Å². The van der Waals surface area contributed by atoms with Crippen molar-refractivity contribution in [3.05, 3.63) is 76.6 Å². The molecule has 1 aromatic heterocycles. The van der Waals surface area contributed by atoms with Gasteiger partial charge in [0.05, 0.1) is 11.3 Å². The normalized spacial score (nSPS) is 10.5. The van der Waals surface area contributed by atoms with Crippen molar-refractivity contribution in [2.24, 2.45) is 0 Å². The Labute approximate surface area is 145 Å². The van der Waals surface area contributed by atoms with Crippen molar-refractivity contribution in [3.63, 3.8) is 0 Å². The fourth-order valence-electron chi connectivity index (χ4n) is 2.30. The summed E-state index contributed by atoms with van der Waals surface area (Å²) in [6, 6.07) is 15.0. The molecule has 5 heteroatoms. The third-order valence-electron chi connectivity index (χ3n) is 3.62. The van der Waals surface area contributed by atoms with Gasteiger partial charge in [-0.15, -0.1) is 0 Å². The summed E-state index contributed by atoms with van der Waals surface area (Å²) in [7, 11) is 0. The molecule has 0 fully saturated rings. The molecular formula is C19H16ClN3O. The van der Waals surface area contributed by atoms with E-state index >= 15 is 0 Å². The van der Waals surface area contributed by atoms with Crippen LogP contribution in [0, 0.1) is 13.8 Å². The van der Waals surface area contributed by atoms with E-state index in [0.29, 0.717) is 27.8 Å². The summed E-state index contributed by atoms with van der Waals surface area (Å²) in [6.45, 7) is 3.82. The van der Waals surface area contributed by atoms with E-state index < -0.39 is 0 Å². The van der Waals surface area contributed by atoms with Gasteiger partial charge in [0, 0.05) is 22.5 Å². The number of aryl methyl sites for hydroxylation is 2. The largest absolute Gasteiger partial charge is 0.322 e. The van der Waals surface area contributed by atoms with Gasteiger partial charge in [-0.1, -0.05) is 47.5 Å². The molecule has 2 aromatic carbocycles. The molecule has 0 saturated heterocycles. The minimum atomic E-state index is -0.259. The Kier molecular flexibility index (Phi) is 4.58. The smallest absolute Gasteiger partial charge is 0.259 e. The maximum absolute atomic E-state index is 12.4. The number of hydrogen-bond acceptors (Lipinski definition) is 3. The topological polar surface area (TPSA) is 54.9 Å². The molecule has 0 atom stereocenters. The third kappa shape index (κ3) is 3.60. The highest BCUT2D eigenvalue weighted by Crippen LogP contribution is 2.19. The Morgan fingerprint density at radius 1 is 1.08 bits per heavy atom. The molecule has 0 aliphatic carbocycles. The number of nitrogens with zero attached hydrogens (tertiary/aromatic N) is 2. The monoisotopic (exact) mass is 337 g/mol. The molecule has 1 amide bonds. The molecule has 0 aliphatic heterocycles. The molecule has 24 heavy (non-hydrogen) atoms. The van der Waals surface area contributed by atoms with Crippen molar-refractivity contribution in [1.82, 2.24) is 9.97 Å². The van der Waals surface area contributed by atoms with Gasteiger partial charge in [0.15, 0.2) is 5.82 Å². The highest BCUT2D eigenvalue weighted by molar-refractivity contribution is 6.31. The Hall–Kier alpha value is -2.72. The average molecular weight is 338 g/mol. The summed E-state index contributed by atoms with van der Waals surface area (Å²) in [4.78, 5) is 21.2. The van der Waals surface area contributed by atoms with Crippen molar-refractivity contribution < 1.29 is 4.79 Å². The van der Waals surface area contributed by atoms with E-state index in [4.69, 9.17) is 11.6 Å². The molecule has 120 valence electrons. The maximum atomic E-state index is 12.4. The summed E-state index contributed by atoms with van der Waals surface area (Å²) in [5.74, 6) is 0.344. The number of carbonyl (C=O) groups excluding carboxylic acids is 1. The van der Waals surface area contributed by atoms with Crippen LogP contribution in [0.1, 0.15) is 21.6 Å². The van der Waals surface area contributed by atoms with Crippen LogP contribution in [0.2, 0.25) is 5.02 Å². The zero-order valence-corrected chi connectivity index (χ0v) is 14.1. The lowest BCUT2D eigenvalue weighted by molar-refractivity contribution is 0.102. The van der Waals surface area contributed by atoms with Crippen LogP contribution >= 0.6 is 11.6 Å². The first-order chi connectivity index (χ1) is 11.5. The van der Waals surface area contributed by atoms with Gasteiger partial charge in [-0.05, 0) is 32.0 Å². The Bertz CT molecular complexity index is 891. The van der Waals surface area contributed by atoms with Crippen molar-refractivity contribution in [1.29, 1.82) is 0 Å². The van der Waals surface area contributed by atoms with Crippen LogP contribution in [-0.4, -0.2) is 15.9 Å². The van der Waals surface area contributed by atoms with Gasteiger partial charge >= 0.3 is 0 Å². The molecule has 0 radical (unpaired) electrons. The standard InChI is InChI=1S/C19H16ClN3O/c1-12-6-8-14(9-7-12)18-21-11-17(13(2)22-18)19(24)23-16-5-3-4-15(20)10-16/h3-11H,1-2H3,(H,23,24). The summed E-state index contributed by atoms with van der Waals surface area (Å²) >= 11 is 5.93. The predicted molar refractivity (Wildman–Crippen MR) is 96.3 cm³/mol. The van der Waals surface area contributed by atoms with Crippen LogP contribution in [0.4, 0.5) is 5.69 Å². The number of nitrogens with one attached hydrogen (secondary N) is 1. The lowest BCUT2D eigenvalue weighted by Gasteiger charge is -2.09. The summed E-state index contributed by atoms with van der Waals surface area (Å²) in [6.07, 6.45) is 1.55. The van der Waals surface area contributed by atoms with Crippen molar-refractivity contribution in [2.75, 3.05) is 5.32 Å². The zero-order chi connectivity index (χ0) is 17.1. The minimum absolute atomic E-state index is 0.259. The van der Waals surface area contributed by atoms with Crippen LogP contribution in [0.15, 0.2) is 54.7 Å². The van der Waals surface area contributed by atoms with Gasteiger partial charge in [0.25, 0.3) is 5.91 Å². The molecular weight excluding hydrogens is 322 g/mol. The predicted octanol–water partition coefficient (Wildman–Crippen LogP) is 4.67. The number of aromatic nitrogens is 2. The van der Waals surface area contributed by atoms with Gasteiger partial charge < -0.3 is 5.32 Å². The third-order valence-corrected chi connectivity index (χ3v) is 3.85. The van der Waals surface area contributed by atoms with Crippen LogP contribution in [0.3, 0.4) is 0 Å². The fourth-order valence-corrected chi connectivity index (χ4v) is 2.49. The Morgan fingerprint density at radius 3 is 2.50 bits per heavy atom. The minimum Gasteiger partial charge on any atom is -0.322 e. The number of anilines is 1. The highest BCUT2D eigenvalue weighted by atomic mass is 35.5. The Morgan fingerprint density at radius 2 is 1.83 bits per heavy atom. The fraction of sp³-hybridized carbons (Fsp3) is 0.105.